The van der Waals surface area contributed by atoms with Crippen LogP contribution in [0.1, 0.15) is 13.8 Å². The van der Waals surface area contributed by atoms with Gasteiger partial charge < -0.3 is 14.2 Å². The number of esters is 2. The second-order valence-electron chi connectivity index (χ2n) is 3.50. The van der Waals surface area contributed by atoms with E-state index in [-0.39, 0.29) is 6.61 Å². The number of nitroso groups, excluding NO2 is 1. The Bertz CT molecular complexity index is 323. The van der Waals surface area contributed by atoms with Gasteiger partial charge in [0.1, 0.15) is 0 Å². The number of hydrogen-bond donors (Lipinski definition) is 0. The van der Waals surface area contributed by atoms with Gasteiger partial charge in [0.15, 0.2) is 23.8 Å². The van der Waals surface area contributed by atoms with Crippen LogP contribution in [0.5, 0.6) is 0 Å². The first-order valence-electron chi connectivity index (χ1n) is 4.88. The van der Waals surface area contributed by atoms with E-state index in [0.29, 0.717) is 0 Å². The minimum atomic E-state index is -1.11. The van der Waals surface area contributed by atoms with E-state index in [1.165, 1.54) is 13.8 Å². The lowest BCUT2D eigenvalue weighted by Gasteiger charge is -2.35. The van der Waals surface area contributed by atoms with Gasteiger partial charge in [-0.05, 0) is 0 Å². The SMILES string of the molecule is CC(=O)O[C@H]1[C@@H](N=O)[C@@H](Cl)OC[C@H]1OC(C)=O. The fourth-order valence-electron chi connectivity index (χ4n) is 1.51. The lowest BCUT2D eigenvalue weighted by Crippen LogP contribution is -2.53. The van der Waals surface area contributed by atoms with Crippen molar-refractivity contribution in [2.75, 3.05) is 6.61 Å². The Balaban J connectivity index is 2.83. The summed E-state index contributed by atoms with van der Waals surface area (Å²) in [5, 5.41) is 2.75. The summed E-state index contributed by atoms with van der Waals surface area (Å²) in [5.41, 5.74) is -1.01. The average molecular weight is 266 g/mol. The van der Waals surface area contributed by atoms with Gasteiger partial charge in [-0.15, -0.1) is 0 Å². The molecule has 8 heteroatoms. The maximum atomic E-state index is 10.9. The van der Waals surface area contributed by atoms with Crippen molar-refractivity contribution < 1.29 is 23.8 Å². The summed E-state index contributed by atoms with van der Waals surface area (Å²) in [7, 11) is 0. The Morgan fingerprint density at radius 3 is 2.35 bits per heavy atom. The zero-order valence-electron chi connectivity index (χ0n) is 9.29. The number of halogens is 1. The molecule has 0 saturated carbocycles. The van der Waals surface area contributed by atoms with Crippen molar-refractivity contribution in [1.29, 1.82) is 0 Å². The van der Waals surface area contributed by atoms with Gasteiger partial charge in [0.05, 0.1) is 6.61 Å². The third kappa shape index (κ3) is 3.64. The van der Waals surface area contributed by atoms with Crippen LogP contribution in [0.15, 0.2) is 5.18 Å². The number of hydrogen-bond acceptors (Lipinski definition) is 7. The standard InChI is InChI=1S/C9H12ClNO6/c1-4(12)16-6-3-15-9(10)7(11-14)8(6)17-5(2)13/h6-9H,3H2,1-2H3/t6-,7-,8-,9+/m1/s1. The molecule has 0 spiro atoms. The smallest absolute Gasteiger partial charge is 0.303 e. The summed E-state index contributed by atoms with van der Waals surface area (Å²) >= 11 is 5.72. The molecule has 0 aromatic rings. The van der Waals surface area contributed by atoms with E-state index in [0.717, 1.165) is 0 Å². The Kier molecular flexibility index (Phi) is 4.83. The number of alkyl halides is 1. The summed E-state index contributed by atoms with van der Waals surface area (Å²) < 4.78 is 14.8. The van der Waals surface area contributed by atoms with E-state index in [1.807, 2.05) is 0 Å². The number of carbonyl (C=O) groups excluding carboxylic acids is 2. The van der Waals surface area contributed by atoms with Gasteiger partial charge in [-0.3, -0.25) is 9.59 Å². The third-order valence-electron chi connectivity index (χ3n) is 2.13. The summed E-state index contributed by atoms with van der Waals surface area (Å²) in [6, 6.07) is -1.11. The van der Waals surface area contributed by atoms with Crippen molar-refractivity contribution in [2.24, 2.45) is 5.18 Å². The quantitative estimate of drug-likeness (QED) is 0.421. The van der Waals surface area contributed by atoms with Crippen LogP contribution < -0.4 is 0 Å². The van der Waals surface area contributed by atoms with E-state index in [9.17, 15) is 14.5 Å². The van der Waals surface area contributed by atoms with Crippen LogP contribution in [0.25, 0.3) is 0 Å². The predicted octanol–water partition coefficient (Wildman–Crippen LogP) is 0.580. The molecule has 1 aliphatic rings. The first-order chi connectivity index (χ1) is 7.95. The molecule has 0 aromatic carbocycles. The predicted molar refractivity (Wildman–Crippen MR) is 56.3 cm³/mol. The van der Waals surface area contributed by atoms with E-state index in [2.05, 4.69) is 5.18 Å². The molecule has 0 radical (unpaired) electrons. The molecule has 0 amide bonds. The molecule has 1 heterocycles. The number of rotatable bonds is 3. The number of carbonyl (C=O) groups is 2. The van der Waals surface area contributed by atoms with Crippen molar-refractivity contribution in [3.8, 4) is 0 Å². The highest BCUT2D eigenvalue weighted by Crippen LogP contribution is 2.25. The van der Waals surface area contributed by atoms with Gasteiger partial charge in [-0.2, -0.15) is 4.91 Å². The van der Waals surface area contributed by atoms with Crippen molar-refractivity contribution >= 4 is 23.5 Å². The largest absolute Gasteiger partial charge is 0.456 e. The van der Waals surface area contributed by atoms with Gasteiger partial charge in [-0.1, -0.05) is 16.8 Å². The molecular formula is C9H12ClNO6. The molecule has 7 nitrogen and oxygen atoms in total. The molecule has 4 atom stereocenters. The molecule has 96 valence electrons. The van der Waals surface area contributed by atoms with Crippen molar-refractivity contribution in [1.82, 2.24) is 0 Å². The van der Waals surface area contributed by atoms with E-state index >= 15 is 0 Å². The topological polar surface area (TPSA) is 91.3 Å². The Labute approximate surface area is 102 Å². The van der Waals surface area contributed by atoms with Crippen LogP contribution in [0.2, 0.25) is 0 Å². The number of ether oxygens (including phenoxy) is 3. The Morgan fingerprint density at radius 1 is 1.29 bits per heavy atom. The highest BCUT2D eigenvalue weighted by Gasteiger charge is 2.45. The molecule has 17 heavy (non-hydrogen) atoms. The van der Waals surface area contributed by atoms with E-state index < -0.39 is 35.8 Å². The van der Waals surface area contributed by atoms with Crippen LogP contribution in [0, 0.1) is 4.91 Å². The zero-order valence-corrected chi connectivity index (χ0v) is 10.0. The van der Waals surface area contributed by atoms with Gasteiger partial charge in [-0.25, -0.2) is 0 Å². The first kappa shape index (κ1) is 13.9. The molecule has 0 bridgehead atoms. The Hall–Kier alpha value is -1.21. The summed E-state index contributed by atoms with van der Waals surface area (Å²) in [4.78, 5) is 32.4. The molecule has 0 aliphatic carbocycles. The fraction of sp³-hybridized carbons (Fsp3) is 0.778. The zero-order chi connectivity index (χ0) is 13.0. The molecule has 1 saturated heterocycles. The second-order valence-corrected chi connectivity index (χ2v) is 3.93. The third-order valence-corrected chi connectivity index (χ3v) is 2.52. The van der Waals surface area contributed by atoms with E-state index in [1.54, 1.807) is 0 Å². The minimum absolute atomic E-state index is 0.0578. The number of nitrogens with zero attached hydrogens (tertiary/aromatic N) is 1. The maximum absolute atomic E-state index is 10.9. The summed E-state index contributed by atoms with van der Waals surface area (Å²) in [6.07, 6.45) is -1.90. The van der Waals surface area contributed by atoms with Crippen LogP contribution in [-0.4, -0.2) is 42.4 Å². The lowest BCUT2D eigenvalue weighted by atomic mass is 10.0. The highest BCUT2D eigenvalue weighted by atomic mass is 35.5. The van der Waals surface area contributed by atoms with Gasteiger partial charge in [0.2, 0.25) is 0 Å². The van der Waals surface area contributed by atoms with Gasteiger partial charge in [0.25, 0.3) is 0 Å². The first-order valence-corrected chi connectivity index (χ1v) is 5.32. The molecule has 0 unspecified atom stereocenters. The van der Waals surface area contributed by atoms with Crippen molar-refractivity contribution in [2.45, 2.75) is 37.7 Å². The van der Waals surface area contributed by atoms with Gasteiger partial charge in [0, 0.05) is 13.8 Å². The van der Waals surface area contributed by atoms with Crippen LogP contribution in [0.4, 0.5) is 0 Å². The molecule has 1 fully saturated rings. The van der Waals surface area contributed by atoms with Crippen LogP contribution >= 0.6 is 11.6 Å². The van der Waals surface area contributed by atoms with E-state index in [4.69, 9.17) is 25.8 Å². The second kappa shape index (κ2) is 5.92. The average Bonchev–Trinajstić information content (AvgIpc) is 2.21. The fourth-order valence-corrected chi connectivity index (χ4v) is 1.77. The lowest BCUT2D eigenvalue weighted by molar-refractivity contribution is -0.185. The van der Waals surface area contributed by atoms with Crippen molar-refractivity contribution in [3.05, 3.63) is 4.91 Å². The summed E-state index contributed by atoms with van der Waals surface area (Å²) in [6.45, 7) is 2.31. The van der Waals surface area contributed by atoms with Gasteiger partial charge >= 0.3 is 11.9 Å². The van der Waals surface area contributed by atoms with Crippen LogP contribution in [0.3, 0.4) is 0 Å². The monoisotopic (exact) mass is 265 g/mol. The molecule has 0 N–H and O–H groups in total. The molecule has 1 rings (SSSR count). The maximum Gasteiger partial charge on any atom is 0.303 e. The molecule has 1 aliphatic heterocycles. The minimum Gasteiger partial charge on any atom is -0.456 e. The molecule has 0 aromatic heterocycles. The Morgan fingerprint density at radius 2 is 1.88 bits per heavy atom. The highest BCUT2D eigenvalue weighted by molar-refractivity contribution is 6.20. The molecular weight excluding hydrogens is 254 g/mol. The van der Waals surface area contributed by atoms with Crippen LogP contribution in [-0.2, 0) is 23.8 Å². The normalized spacial score (nSPS) is 32.6. The summed E-state index contributed by atoms with van der Waals surface area (Å²) in [5.74, 6) is -1.19. The van der Waals surface area contributed by atoms with Crippen molar-refractivity contribution in [3.63, 3.8) is 0 Å².